The Kier molecular flexibility index (Phi) is 7.44. The maximum absolute atomic E-state index is 5.20. The van der Waals surface area contributed by atoms with Gasteiger partial charge in [-0.05, 0) is 95.1 Å². The van der Waals surface area contributed by atoms with Crippen LogP contribution in [-0.2, 0) is 0 Å². The summed E-state index contributed by atoms with van der Waals surface area (Å²) in [4.78, 5) is 7.58. The quantitative estimate of drug-likeness (QED) is 0.169. The highest BCUT2D eigenvalue weighted by atomic mass is 32.1. The van der Waals surface area contributed by atoms with Gasteiger partial charge < -0.3 is 4.90 Å². The van der Waals surface area contributed by atoms with E-state index in [9.17, 15) is 0 Å². The highest BCUT2D eigenvalue weighted by Crippen LogP contribution is 2.44. The van der Waals surface area contributed by atoms with Crippen molar-refractivity contribution in [1.82, 2.24) is 4.98 Å². The van der Waals surface area contributed by atoms with Crippen molar-refractivity contribution in [2.45, 2.75) is 0 Å². The Balaban J connectivity index is 1.01. The number of benzene rings is 8. The molecule has 2 nitrogen and oxygen atoms in total. The lowest BCUT2D eigenvalue weighted by molar-refractivity contribution is 1.29. The van der Waals surface area contributed by atoms with Crippen molar-refractivity contribution in [3.8, 4) is 32.8 Å². The van der Waals surface area contributed by atoms with Gasteiger partial charge in [-0.2, -0.15) is 0 Å². The van der Waals surface area contributed by atoms with Crippen LogP contribution in [0, 0.1) is 0 Å². The molecule has 0 fully saturated rings. The highest BCUT2D eigenvalue weighted by molar-refractivity contribution is 7.26. The summed E-state index contributed by atoms with van der Waals surface area (Å²) in [5.74, 6) is 0. The molecule has 0 bridgehead atoms. The molecule has 0 saturated carbocycles. The molecule has 11 rings (SSSR count). The monoisotopic (exact) mass is 742 g/mol. The third kappa shape index (κ3) is 5.32. The van der Waals surface area contributed by atoms with Crippen LogP contribution in [0.15, 0.2) is 182 Å². The normalized spacial score (nSPS) is 11.7. The summed E-state index contributed by atoms with van der Waals surface area (Å²) in [5, 5.41) is 6.18. The number of nitrogens with zero attached hydrogens (tertiary/aromatic N) is 2. The molecule has 254 valence electrons. The SMILES string of the molecule is c1ccc(-c2ccc(N(c3ccc(-c4ccc5sc6ccc7sc(-c8ccccc8)nc7c6c5c4)cc3)c3ccc4sc5ccccc5c4c3)cc2)cc1. The van der Waals surface area contributed by atoms with E-state index < -0.39 is 0 Å². The Bertz CT molecular complexity index is 3140. The predicted molar refractivity (Wildman–Crippen MR) is 236 cm³/mol. The zero-order chi connectivity index (χ0) is 35.6. The van der Waals surface area contributed by atoms with Crippen molar-refractivity contribution in [2.75, 3.05) is 4.90 Å². The molecule has 0 radical (unpaired) electrons. The molecule has 5 heteroatoms. The van der Waals surface area contributed by atoms with Crippen molar-refractivity contribution < 1.29 is 0 Å². The van der Waals surface area contributed by atoms with Crippen LogP contribution >= 0.6 is 34.0 Å². The molecule has 0 saturated heterocycles. The number of aromatic nitrogens is 1. The molecule has 0 spiro atoms. The highest BCUT2D eigenvalue weighted by Gasteiger charge is 2.17. The average molecular weight is 743 g/mol. The number of thiophene rings is 2. The number of fused-ring (bicyclic) bond motifs is 8. The summed E-state index contributed by atoms with van der Waals surface area (Å²) in [6.07, 6.45) is 0. The summed E-state index contributed by atoms with van der Waals surface area (Å²) in [7, 11) is 0. The van der Waals surface area contributed by atoms with Crippen LogP contribution in [0.5, 0.6) is 0 Å². The van der Waals surface area contributed by atoms with Crippen molar-refractivity contribution in [1.29, 1.82) is 0 Å². The van der Waals surface area contributed by atoms with E-state index in [4.69, 9.17) is 4.98 Å². The second-order valence-electron chi connectivity index (χ2n) is 13.6. The fourth-order valence-electron chi connectivity index (χ4n) is 7.67. The van der Waals surface area contributed by atoms with Crippen LogP contribution < -0.4 is 4.90 Å². The third-order valence-corrected chi connectivity index (χ3v) is 13.7. The van der Waals surface area contributed by atoms with Gasteiger partial charge in [0.1, 0.15) is 5.01 Å². The van der Waals surface area contributed by atoms with E-state index in [-0.39, 0.29) is 0 Å². The first kappa shape index (κ1) is 31.4. The van der Waals surface area contributed by atoms with Gasteiger partial charge in [0, 0.05) is 63.0 Å². The van der Waals surface area contributed by atoms with E-state index in [1.54, 1.807) is 11.3 Å². The predicted octanol–water partition coefficient (Wildman–Crippen LogP) is 15.5. The van der Waals surface area contributed by atoms with E-state index in [1.807, 2.05) is 22.7 Å². The van der Waals surface area contributed by atoms with Gasteiger partial charge in [-0.3, -0.25) is 0 Å². The van der Waals surface area contributed by atoms with Crippen molar-refractivity contribution in [3.63, 3.8) is 0 Å². The maximum atomic E-state index is 5.20. The van der Waals surface area contributed by atoms with Gasteiger partial charge in [-0.15, -0.1) is 34.0 Å². The molecule has 0 aliphatic carbocycles. The van der Waals surface area contributed by atoms with Crippen LogP contribution in [0.2, 0.25) is 0 Å². The second-order valence-corrected chi connectivity index (χ2v) is 16.8. The van der Waals surface area contributed by atoms with Crippen LogP contribution in [-0.4, -0.2) is 4.98 Å². The van der Waals surface area contributed by atoms with Gasteiger partial charge in [0.2, 0.25) is 0 Å². The molecule has 0 unspecified atom stereocenters. The minimum absolute atomic E-state index is 1.06. The third-order valence-electron chi connectivity index (χ3n) is 10.3. The first-order chi connectivity index (χ1) is 26.7. The Hall–Kier alpha value is -6.11. The van der Waals surface area contributed by atoms with Gasteiger partial charge in [0.05, 0.1) is 10.2 Å². The summed E-state index contributed by atoms with van der Waals surface area (Å²) in [6.45, 7) is 0. The molecule has 0 aliphatic heterocycles. The first-order valence-electron chi connectivity index (χ1n) is 18.0. The minimum Gasteiger partial charge on any atom is -0.310 e. The number of hydrogen-bond acceptors (Lipinski definition) is 5. The fraction of sp³-hybridized carbons (Fsp3) is 0. The van der Waals surface area contributed by atoms with Crippen molar-refractivity contribution >= 4 is 102 Å². The molecule has 0 amide bonds. The van der Waals surface area contributed by atoms with E-state index in [1.165, 1.54) is 67.3 Å². The minimum atomic E-state index is 1.06. The van der Waals surface area contributed by atoms with Gasteiger partial charge in [-0.1, -0.05) is 109 Å². The lowest BCUT2D eigenvalue weighted by Crippen LogP contribution is -2.09. The number of rotatable bonds is 6. The zero-order valence-electron chi connectivity index (χ0n) is 28.9. The van der Waals surface area contributed by atoms with E-state index in [2.05, 4.69) is 187 Å². The molecular weight excluding hydrogens is 713 g/mol. The van der Waals surface area contributed by atoms with Gasteiger partial charge in [0.15, 0.2) is 0 Å². The van der Waals surface area contributed by atoms with Gasteiger partial charge in [-0.25, -0.2) is 4.98 Å². The standard InChI is InChI=1S/C49H30N2S3/c1-3-9-31(10-4-1)32-15-20-36(21-16-32)51(38-24-26-43-40(30-38)39-13-7-8-14-42(39)52-43)37-22-17-33(18-23-37)35-19-25-44-41(29-35)47-45(53-44)27-28-46-48(47)50-49(54-46)34-11-5-2-6-12-34/h1-30H. The Morgan fingerprint density at radius 3 is 1.61 bits per heavy atom. The summed E-state index contributed by atoms with van der Waals surface area (Å²) >= 11 is 5.47. The lowest BCUT2D eigenvalue weighted by Gasteiger charge is -2.26. The van der Waals surface area contributed by atoms with Gasteiger partial charge >= 0.3 is 0 Å². The molecule has 0 aliphatic rings. The van der Waals surface area contributed by atoms with E-state index >= 15 is 0 Å². The van der Waals surface area contributed by atoms with Crippen LogP contribution in [0.3, 0.4) is 0 Å². The van der Waals surface area contributed by atoms with E-state index in [0.717, 1.165) is 33.1 Å². The molecule has 11 aromatic rings. The van der Waals surface area contributed by atoms with Crippen molar-refractivity contribution in [3.05, 3.63) is 182 Å². The van der Waals surface area contributed by atoms with Crippen LogP contribution in [0.25, 0.3) is 83.4 Å². The number of anilines is 3. The molecule has 54 heavy (non-hydrogen) atoms. The molecule has 3 heterocycles. The molecular formula is C49H30N2S3. The number of thiazole rings is 1. The van der Waals surface area contributed by atoms with E-state index in [0.29, 0.717) is 0 Å². The molecule has 0 N–H and O–H groups in total. The summed E-state index contributed by atoms with van der Waals surface area (Å²) in [6, 6.07) is 66.1. The van der Waals surface area contributed by atoms with Gasteiger partial charge in [0.25, 0.3) is 0 Å². The fourth-order valence-corrected chi connectivity index (χ4v) is 10.8. The summed E-state index contributed by atoms with van der Waals surface area (Å²) < 4.78 is 6.40. The summed E-state index contributed by atoms with van der Waals surface area (Å²) in [5.41, 5.74) is 10.4. The lowest BCUT2D eigenvalue weighted by atomic mass is 10.0. The smallest absolute Gasteiger partial charge is 0.124 e. The zero-order valence-corrected chi connectivity index (χ0v) is 31.4. The molecule has 0 atom stereocenters. The van der Waals surface area contributed by atoms with Crippen LogP contribution in [0.4, 0.5) is 17.1 Å². The topological polar surface area (TPSA) is 16.1 Å². The first-order valence-corrected chi connectivity index (χ1v) is 20.5. The second kappa shape index (κ2) is 12.8. The van der Waals surface area contributed by atoms with Crippen molar-refractivity contribution in [2.24, 2.45) is 0 Å². The largest absolute Gasteiger partial charge is 0.310 e. The maximum Gasteiger partial charge on any atom is 0.124 e. The van der Waals surface area contributed by atoms with Crippen LogP contribution in [0.1, 0.15) is 0 Å². The Labute approximate surface area is 324 Å². The Morgan fingerprint density at radius 2 is 0.852 bits per heavy atom. The average Bonchev–Trinajstić information content (AvgIpc) is 3.95. The number of hydrogen-bond donors (Lipinski definition) is 0. The molecule has 8 aromatic carbocycles. The Morgan fingerprint density at radius 1 is 0.333 bits per heavy atom. The molecule has 3 aromatic heterocycles.